The van der Waals surface area contributed by atoms with Gasteiger partial charge in [-0.1, -0.05) is 12.1 Å². The highest BCUT2D eigenvalue weighted by Gasteiger charge is 2.12. The molecule has 1 aliphatic rings. The van der Waals surface area contributed by atoms with Crippen LogP contribution in [0.1, 0.15) is 35.2 Å². The second-order valence-corrected chi connectivity index (χ2v) is 6.79. The molecular formula is C22H28N2O3. The number of rotatable bonds is 7. The first-order chi connectivity index (χ1) is 13.2. The molecule has 1 saturated heterocycles. The summed E-state index contributed by atoms with van der Waals surface area (Å²) in [5.41, 5.74) is 3.09. The molecule has 2 aromatic carbocycles. The Labute approximate surface area is 161 Å². The number of carbonyl (C=O) groups is 1. The van der Waals surface area contributed by atoms with Gasteiger partial charge in [0.1, 0.15) is 0 Å². The number of piperidine rings is 1. The Morgan fingerprint density at radius 3 is 2.33 bits per heavy atom. The third-order valence-corrected chi connectivity index (χ3v) is 5.00. The van der Waals surface area contributed by atoms with Crippen molar-refractivity contribution >= 4 is 11.6 Å². The molecule has 1 amide bonds. The molecule has 0 unspecified atom stereocenters. The quantitative estimate of drug-likeness (QED) is 0.810. The summed E-state index contributed by atoms with van der Waals surface area (Å²) in [6.45, 7) is 2.90. The molecule has 5 nitrogen and oxygen atoms in total. The smallest absolute Gasteiger partial charge is 0.251 e. The van der Waals surface area contributed by atoms with Crippen LogP contribution in [0.2, 0.25) is 0 Å². The normalized spacial score (nSPS) is 13.9. The summed E-state index contributed by atoms with van der Waals surface area (Å²) >= 11 is 0. The van der Waals surface area contributed by atoms with E-state index in [1.807, 2.05) is 0 Å². The molecule has 0 atom stereocenters. The van der Waals surface area contributed by atoms with Gasteiger partial charge in [-0.2, -0.15) is 0 Å². The van der Waals surface area contributed by atoms with Gasteiger partial charge in [-0.05, 0) is 61.6 Å². The van der Waals surface area contributed by atoms with Crippen LogP contribution in [0.3, 0.4) is 0 Å². The van der Waals surface area contributed by atoms with E-state index in [1.165, 1.54) is 30.5 Å². The maximum absolute atomic E-state index is 12.3. The predicted octanol–water partition coefficient (Wildman–Crippen LogP) is 3.67. The van der Waals surface area contributed by atoms with E-state index in [0.717, 1.165) is 19.5 Å². The van der Waals surface area contributed by atoms with Crippen LogP contribution in [-0.2, 0) is 6.42 Å². The van der Waals surface area contributed by atoms with Crippen LogP contribution in [0.25, 0.3) is 0 Å². The highest BCUT2D eigenvalue weighted by molar-refractivity contribution is 5.94. The van der Waals surface area contributed by atoms with Crippen molar-refractivity contribution in [2.45, 2.75) is 25.7 Å². The standard InChI is InChI=1S/C22H28N2O3/c1-26-20-11-8-18(16-21(20)27-2)22(25)23-13-12-17-6-9-19(10-7-17)24-14-4-3-5-15-24/h6-11,16H,3-5,12-15H2,1-2H3,(H,23,25). The third-order valence-electron chi connectivity index (χ3n) is 5.00. The molecule has 27 heavy (non-hydrogen) atoms. The van der Waals surface area contributed by atoms with E-state index < -0.39 is 0 Å². The number of ether oxygens (including phenoxy) is 2. The molecule has 0 spiro atoms. The summed E-state index contributed by atoms with van der Waals surface area (Å²) in [6, 6.07) is 13.9. The summed E-state index contributed by atoms with van der Waals surface area (Å²) < 4.78 is 10.5. The average molecular weight is 368 g/mol. The van der Waals surface area contributed by atoms with Crippen molar-refractivity contribution in [1.29, 1.82) is 0 Å². The number of carbonyl (C=O) groups excluding carboxylic acids is 1. The van der Waals surface area contributed by atoms with Crippen molar-refractivity contribution in [3.8, 4) is 11.5 Å². The van der Waals surface area contributed by atoms with Gasteiger partial charge < -0.3 is 19.7 Å². The van der Waals surface area contributed by atoms with Crippen LogP contribution in [0.15, 0.2) is 42.5 Å². The lowest BCUT2D eigenvalue weighted by Crippen LogP contribution is -2.29. The fraction of sp³-hybridized carbons (Fsp3) is 0.409. The van der Waals surface area contributed by atoms with Crippen molar-refractivity contribution in [2.75, 3.05) is 38.8 Å². The zero-order valence-corrected chi connectivity index (χ0v) is 16.2. The molecule has 2 aromatic rings. The summed E-state index contributed by atoms with van der Waals surface area (Å²) in [5.74, 6) is 1.06. The van der Waals surface area contributed by atoms with E-state index in [-0.39, 0.29) is 5.91 Å². The van der Waals surface area contributed by atoms with E-state index >= 15 is 0 Å². The van der Waals surface area contributed by atoms with Crippen molar-refractivity contribution in [2.24, 2.45) is 0 Å². The molecule has 1 heterocycles. The Hall–Kier alpha value is -2.69. The minimum Gasteiger partial charge on any atom is -0.493 e. The van der Waals surface area contributed by atoms with Gasteiger partial charge in [0.25, 0.3) is 5.91 Å². The number of nitrogens with one attached hydrogen (secondary N) is 1. The largest absolute Gasteiger partial charge is 0.493 e. The first-order valence-corrected chi connectivity index (χ1v) is 9.55. The lowest BCUT2D eigenvalue weighted by molar-refractivity contribution is 0.0953. The fourth-order valence-electron chi connectivity index (χ4n) is 3.43. The number of amides is 1. The topological polar surface area (TPSA) is 50.8 Å². The average Bonchev–Trinajstić information content (AvgIpc) is 2.74. The molecule has 1 aliphatic heterocycles. The number of nitrogens with zero attached hydrogens (tertiary/aromatic N) is 1. The molecule has 0 saturated carbocycles. The van der Waals surface area contributed by atoms with Crippen LogP contribution < -0.4 is 19.7 Å². The number of hydrogen-bond acceptors (Lipinski definition) is 4. The van der Waals surface area contributed by atoms with E-state index in [9.17, 15) is 4.79 Å². The maximum atomic E-state index is 12.3. The zero-order chi connectivity index (χ0) is 19.1. The lowest BCUT2D eigenvalue weighted by atomic mass is 10.1. The molecule has 0 aromatic heterocycles. The second-order valence-electron chi connectivity index (χ2n) is 6.79. The molecule has 0 aliphatic carbocycles. The lowest BCUT2D eigenvalue weighted by Gasteiger charge is -2.28. The Morgan fingerprint density at radius 1 is 0.963 bits per heavy atom. The monoisotopic (exact) mass is 368 g/mol. The summed E-state index contributed by atoms with van der Waals surface area (Å²) in [6.07, 6.45) is 4.71. The van der Waals surface area contributed by atoms with Gasteiger partial charge in [-0.25, -0.2) is 0 Å². The van der Waals surface area contributed by atoms with Crippen molar-refractivity contribution in [3.63, 3.8) is 0 Å². The predicted molar refractivity (Wildman–Crippen MR) is 108 cm³/mol. The van der Waals surface area contributed by atoms with Gasteiger partial charge in [0.2, 0.25) is 0 Å². The molecule has 144 valence electrons. The zero-order valence-electron chi connectivity index (χ0n) is 16.2. The first-order valence-electron chi connectivity index (χ1n) is 9.55. The van der Waals surface area contributed by atoms with Gasteiger partial charge in [0.15, 0.2) is 11.5 Å². The first kappa shape index (κ1) is 19.1. The Bertz CT molecular complexity index is 753. The minimum atomic E-state index is -0.110. The maximum Gasteiger partial charge on any atom is 0.251 e. The third kappa shape index (κ3) is 4.94. The Kier molecular flexibility index (Phi) is 6.58. The number of anilines is 1. The number of hydrogen-bond donors (Lipinski definition) is 1. The molecule has 1 fully saturated rings. The Balaban J connectivity index is 1.51. The van der Waals surface area contributed by atoms with Gasteiger partial charge in [-0.3, -0.25) is 4.79 Å². The van der Waals surface area contributed by atoms with E-state index in [2.05, 4.69) is 34.5 Å². The second kappa shape index (κ2) is 9.31. The summed E-state index contributed by atoms with van der Waals surface area (Å²) in [5, 5.41) is 2.97. The number of benzene rings is 2. The van der Waals surface area contributed by atoms with E-state index in [1.54, 1.807) is 32.4 Å². The SMILES string of the molecule is COc1ccc(C(=O)NCCc2ccc(N3CCCCC3)cc2)cc1OC. The summed E-state index contributed by atoms with van der Waals surface area (Å²) in [4.78, 5) is 14.8. The minimum absolute atomic E-state index is 0.110. The summed E-state index contributed by atoms with van der Waals surface area (Å²) in [7, 11) is 3.14. The molecule has 3 rings (SSSR count). The van der Waals surface area contributed by atoms with Crippen LogP contribution in [0, 0.1) is 0 Å². The van der Waals surface area contributed by atoms with Crippen LogP contribution in [0.4, 0.5) is 5.69 Å². The molecule has 0 bridgehead atoms. The highest BCUT2D eigenvalue weighted by Crippen LogP contribution is 2.27. The van der Waals surface area contributed by atoms with Crippen LogP contribution in [0.5, 0.6) is 11.5 Å². The molecule has 0 radical (unpaired) electrons. The van der Waals surface area contributed by atoms with E-state index in [0.29, 0.717) is 23.6 Å². The molecular weight excluding hydrogens is 340 g/mol. The van der Waals surface area contributed by atoms with Crippen LogP contribution >= 0.6 is 0 Å². The van der Waals surface area contributed by atoms with Crippen molar-refractivity contribution < 1.29 is 14.3 Å². The Morgan fingerprint density at radius 2 is 1.67 bits per heavy atom. The van der Waals surface area contributed by atoms with Gasteiger partial charge in [0.05, 0.1) is 14.2 Å². The van der Waals surface area contributed by atoms with Crippen molar-refractivity contribution in [1.82, 2.24) is 5.32 Å². The van der Waals surface area contributed by atoms with Crippen LogP contribution in [-0.4, -0.2) is 39.8 Å². The highest BCUT2D eigenvalue weighted by atomic mass is 16.5. The molecule has 1 N–H and O–H groups in total. The number of methoxy groups -OCH3 is 2. The van der Waals surface area contributed by atoms with E-state index in [4.69, 9.17) is 9.47 Å². The van der Waals surface area contributed by atoms with Gasteiger partial charge in [-0.15, -0.1) is 0 Å². The van der Waals surface area contributed by atoms with Gasteiger partial charge >= 0.3 is 0 Å². The van der Waals surface area contributed by atoms with Crippen molar-refractivity contribution in [3.05, 3.63) is 53.6 Å². The molecule has 5 heteroatoms. The fourth-order valence-corrected chi connectivity index (χ4v) is 3.43. The van der Waals surface area contributed by atoms with Gasteiger partial charge in [0, 0.05) is 30.9 Å².